The lowest BCUT2D eigenvalue weighted by molar-refractivity contribution is -0.115. The van der Waals surface area contributed by atoms with Crippen molar-refractivity contribution in [2.24, 2.45) is 0 Å². The highest BCUT2D eigenvalue weighted by atomic mass is 35.5. The van der Waals surface area contributed by atoms with Crippen LogP contribution in [-0.4, -0.2) is 42.5 Å². The highest BCUT2D eigenvalue weighted by Crippen LogP contribution is 2.23. The number of carbonyl (C=O) groups excluding carboxylic acids is 1. The Morgan fingerprint density at radius 1 is 1.48 bits per heavy atom. The number of rotatable bonds is 7. The molecule has 0 atom stereocenters. The summed E-state index contributed by atoms with van der Waals surface area (Å²) < 4.78 is 6.55. The zero-order valence-corrected chi connectivity index (χ0v) is 12.4. The van der Waals surface area contributed by atoms with Crippen molar-refractivity contribution in [2.75, 3.05) is 32.1 Å². The van der Waals surface area contributed by atoms with Gasteiger partial charge in [0.15, 0.2) is 0 Å². The summed E-state index contributed by atoms with van der Waals surface area (Å²) in [5.41, 5.74) is 1.41. The molecule has 0 saturated heterocycles. The first-order valence-electron chi connectivity index (χ1n) is 6.50. The van der Waals surface area contributed by atoms with Crippen molar-refractivity contribution in [1.82, 2.24) is 15.1 Å². The van der Waals surface area contributed by atoms with Gasteiger partial charge in [-0.2, -0.15) is 5.10 Å². The van der Waals surface area contributed by atoms with E-state index in [1.807, 2.05) is 12.1 Å². The molecule has 21 heavy (non-hydrogen) atoms. The monoisotopic (exact) mass is 308 g/mol. The molecule has 1 aromatic heterocycles. The molecule has 0 bridgehead atoms. The van der Waals surface area contributed by atoms with Crippen LogP contribution in [0.4, 0.5) is 5.69 Å². The van der Waals surface area contributed by atoms with Crippen molar-refractivity contribution < 1.29 is 9.53 Å². The van der Waals surface area contributed by atoms with Gasteiger partial charge in [0.2, 0.25) is 5.91 Å². The summed E-state index contributed by atoms with van der Waals surface area (Å²) in [7, 11) is 1.62. The molecule has 1 heterocycles. The fourth-order valence-electron chi connectivity index (χ4n) is 1.76. The molecule has 2 N–H and O–H groups in total. The number of aromatic nitrogens is 2. The molecule has 0 spiro atoms. The fraction of sp³-hybridized carbons (Fsp3) is 0.286. The average molecular weight is 309 g/mol. The Balaban J connectivity index is 1.93. The van der Waals surface area contributed by atoms with Crippen molar-refractivity contribution in [1.29, 1.82) is 0 Å². The molecule has 0 aliphatic rings. The third kappa shape index (κ3) is 4.56. The standard InChI is InChI=1S/C14H17ClN4O2/c1-21-8-6-16-10-14(20)18-11-3-4-13(12(15)9-11)19-7-2-5-17-19/h2-5,7,9,16H,6,8,10H2,1H3,(H,18,20). The molecule has 2 aromatic rings. The van der Waals surface area contributed by atoms with Crippen molar-refractivity contribution in [3.05, 3.63) is 41.7 Å². The third-order valence-electron chi connectivity index (χ3n) is 2.75. The third-order valence-corrected chi connectivity index (χ3v) is 3.05. The van der Waals surface area contributed by atoms with Crippen LogP contribution >= 0.6 is 11.6 Å². The van der Waals surface area contributed by atoms with Gasteiger partial charge in [0.25, 0.3) is 0 Å². The van der Waals surface area contributed by atoms with Gasteiger partial charge in [0.05, 0.1) is 23.9 Å². The smallest absolute Gasteiger partial charge is 0.238 e. The highest BCUT2D eigenvalue weighted by molar-refractivity contribution is 6.32. The first kappa shape index (κ1) is 15.5. The minimum absolute atomic E-state index is 0.131. The van der Waals surface area contributed by atoms with E-state index in [0.717, 1.165) is 5.69 Å². The summed E-state index contributed by atoms with van der Waals surface area (Å²) in [5.74, 6) is -0.131. The van der Waals surface area contributed by atoms with Crippen molar-refractivity contribution in [3.8, 4) is 5.69 Å². The van der Waals surface area contributed by atoms with Crippen molar-refractivity contribution in [2.45, 2.75) is 0 Å². The lowest BCUT2D eigenvalue weighted by Crippen LogP contribution is -2.30. The number of carbonyl (C=O) groups is 1. The number of hydrogen-bond donors (Lipinski definition) is 2. The first-order valence-corrected chi connectivity index (χ1v) is 6.87. The van der Waals surface area contributed by atoms with E-state index in [-0.39, 0.29) is 12.5 Å². The Morgan fingerprint density at radius 3 is 3.00 bits per heavy atom. The molecule has 2 rings (SSSR count). The predicted molar refractivity (Wildman–Crippen MR) is 81.9 cm³/mol. The molecule has 1 amide bonds. The van der Waals surface area contributed by atoms with Crippen LogP contribution in [0, 0.1) is 0 Å². The summed E-state index contributed by atoms with van der Waals surface area (Å²) in [6.07, 6.45) is 3.48. The van der Waals surface area contributed by atoms with Crippen LogP contribution < -0.4 is 10.6 Å². The second-order valence-electron chi connectivity index (χ2n) is 4.33. The van der Waals surface area contributed by atoms with Crippen LogP contribution in [0.15, 0.2) is 36.7 Å². The molecule has 0 saturated carbocycles. The normalized spacial score (nSPS) is 10.6. The van der Waals surface area contributed by atoms with Gasteiger partial charge in [-0.15, -0.1) is 0 Å². The summed E-state index contributed by atoms with van der Waals surface area (Å²) >= 11 is 6.21. The molecular weight excluding hydrogens is 292 g/mol. The van der Waals surface area contributed by atoms with E-state index < -0.39 is 0 Å². The summed E-state index contributed by atoms with van der Waals surface area (Å²) in [4.78, 5) is 11.7. The number of hydrogen-bond acceptors (Lipinski definition) is 4. The molecular formula is C14H17ClN4O2. The van der Waals surface area contributed by atoms with Gasteiger partial charge < -0.3 is 15.4 Å². The van der Waals surface area contributed by atoms with Crippen molar-refractivity contribution >= 4 is 23.2 Å². The van der Waals surface area contributed by atoms with Gasteiger partial charge in [-0.3, -0.25) is 4.79 Å². The predicted octanol–water partition coefficient (Wildman–Crippen LogP) is 1.70. The molecule has 6 nitrogen and oxygen atoms in total. The van der Waals surface area contributed by atoms with Crippen LogP contribution in [0.3, 0.4) is 0 Å². The number of nitrogens with one attached hydrogen (secondary N) is 2. The van der Waals surface area contributed by atoms with Gasteiger partial charge in [0.1, 0.15) is 0 Å². The number of anilines is 1. The molecule has 1 aromatic carbocycles. The lowest BCUT2D eigenvalue weighted by atomic mass is 10.2. The van der Waals surface area contributed by atoms with Crippen LogP contribution in [0.25, 0.3) is 5.69 Å². The van der Waals surface area contributed by atoms with Crippen LogP contribution in [0.5, 0.6) is 0 Å². The zero-order chi connectivity index (χ0) is 15.1. The largest absolute Gasteiger partial charge is 0.383 e. The fourth-order valence-corrected chi connectivity index (χ4v) is 2.03. The van der Waals surface area contributed by atoms with Gasteiger partial charge in [-0.1, -0.05) is 11.6 Å². The minimum Gasteiger partial charge on any atom is -0.383 e. The molecule has 0 radical (unpaired) electrons. The van der Waals surface area contributed by atoms with Crippen LogP contribution in [-0.2, 0) is 9.53 Å². The SMILES string of the molecule is COCCNCC(=O)Nc1ccc(-n2cccn2)c(Cl)c1. The number of halogens is 1. The zero-order valence-electron chi connectivity index (χ0n) is 11.7. The number of methoxy groups -OCH3 is 1. The minimum atomic E-state index is -0.131. The van der Waals surface area contributed by atoms with E-state index in [1.54, 1.807) is 36.3 Å². The van der Waals surface area contributed by atoms with E-state index in [9.17, 15) is 4.79 Å². The maximum Gasteiger partial charge on any atom is 0.238 e. The number of ether oxygens (including phenoxy) is 1. The lowest BCUT2D eigenvalue weighted by Gasteiger charge is -2.09. The summed E-state index contributed by atoms with van der Waals surface area (Å²) in [6, 6.07) is 7.11. The Morgan fingerprint density at radius 2 is 2.33 bits per heavy atom. The van der Waals surface area contributed by atoms with E-state index in [0.29, 0.717) is 23.9 Å². The topological polar surface area (TPSA) is 68.2 Å². The number of amides is 1. The first-order chi connectivity index (χ1) is 10.2. The van der Waals surface area contributed by atoms with E-state index in [4.69, 9.17) is 16.3 Å². The molecule has 0 unspecified atom stereocenters. The molecule has 0 aliphatic heterocycles. The Bertz CT molecular complexity index is 587. The van der Waals surface area contributed by atoms with Gasteiger partial charge in [-0.05, 0) is 24.3 Å². The maximum absolute atomic E-state index is 11.7. The molecule has 7 heteroatoms. The average Bonchev–Trinajstić information content (AvgIpc) is 2.98. The Labute approximate surface area is 128 Å². The molecule has 112 valence electrons. The molecule has 0 fully saturated rings. The summed E-state index contributed by atoms with van der Waals surface area (Å²) in [5, 5.41) is 10.4. The number of nitrogens with zero attached hydrogens (tertiary/aromatic N) is 2. The van der Waals surface area contributed by atoms with Crippen molar-refractivity contribution in [3.63, 3.8) is 0 Å². The second kappa shape index (κ2) is 7.78. The van der Waals surface area contributed by atoms with Crippen LogP contribution in [0.2, 0.25) is 5.02 Å². The van der Waals surface area contributed by atoms with Crippen LogP contribution in [0.1, 0.15) is 0 Å². The van der Waals surface area contributed by atoms with E-state index in [2.05, 4.69) is 15.7 Å². The second-order valence-corrected chi connectivity index (χ2v) is 4.74. The van der Waals surface area contributed by atoms with E-state index >= 15 is 0 Å². The Hall–Kier alpha value is -1.89. The maximum atomic E-state index is 11.7. The van der Waals surface area contributed by atoms with Gasteiger partial charge >= 0.3 is 0 Å². The van der Waals surface area contributed by atoms with Gasteiger partial charge in [0, 0.05) is 31.7 Å². The van der Waals surface area contributed by atoms with E-state index in [1.165, 1.54) is 0 Å². The Kier molecular flexibility index (Phi) is 5.74. The number of benzene rings is 1. The van der Waals surface area contributed by atoms with Gasteiger partial charge in [-0.25, -0.2) is 4.68 Å². The highest BCUT2D eigenvalue weighted by Gasteiger charge is 2.06. The quantitative estimate of drug-likeness (QED) is 0.764. The molecule has 0 aliphatic carbocycles. The summed E-state index contributed by atoms with van der Waals surface area (Å²) in [6.45, 7) is 1.42.